The lowest BCUT2D eigenvalue weighted by atomic mass is 10.3. The topological polar surface area (TPSA) is 130 Å². The summed E-state index contributed by atoms with van der Waals surface area (Å²) in [6, 6.07) is 5.99. The summed E-state index contributed by atoms with van der Waals surface area (Å²) < 4.78 is 29.1. The second kappa shape index (κ2) is 5.54. The first-order chi connectivity index (χ1) is 9.84. The number of hydrogen-bond donors (Lipinski definition) is 2. The number of sulfonamides is 1. The van der Waals surface area contributed by atoms with Gasteiger partial charge in [0.15, 0.2) is 5.69 Å². The van der Waals surface area contributed by atoms with E-state index in [1.807, 2.05) is 0 Å². The summed E-state index contributed by atoms with van der Waals surface area (Å²) in [6.45, 7) is 1.83. The second-order valence-electron chi connectivity index (χ2n) is 4.11. The summed E-state index contributed by atoms with van der Waals surface area (Å²) >= 11 is 0. The number of benzene rings is 1. The van der Waals surface area contributed by atoms with E-state index in [2.05, 4.69) is 5.10 Å². The van der Waals surface area contributed by atoms with E-state index in [-0.39, 0.29) is 28.6 Å². The van der Waals surface area contributed by atoms with Gasteiger partial charge in [-0.1, -0.05) is 12.1 Å². The van der Waals surface area contributed by atoms with E-state index in [0.717, 1.165) is 0 Å². The number of aromatic nitrogens is 2. The largest absolute Gasteiger partial charge is 0.461 e. The van der Waals surface area contributed by atoms with Gasteiger partial charge in [-0.15, -0.1) is 0 Å². The molecule has 0 bridgehead atoms. The smallest absolute Gasteiger partial charge is 0.361 e. The van der Waals surface area contributed by atoms with Gasteiger partial charge in [-0.2, -0.15) is 5.10 Å². The Bertz CT molecular complexity index is 782. The number of hydrogen-bond acceptors (Lipinski definition) is 6. The first-order valence-electron chi connectivity index (χ1n) is 5.99. The highest BCUT2D eigenvalue weighted by molar-refractivity contribution is 7.89. The van der Waals surface area contributed by atoms with Crippen LogP contribution in [0.15, 0.2) is 35.4 Å². The molecule has 2 rings (SSSR count). The van der Waals surface area contributed by atoms with Gasteiger partial charge in [-0.3, -0.25) is 0 Å². The third-order valence-corrected chi connectivity index (χ3v) is 3.59. The number of nitrogens with two attached hydrogens (primary N) is 2. The Morgan fingerprint density at radius 1 is 1.38 bits per heavy atom. The molecule has 0 saturated carbocycles. The Balaban J connectivity index is 2.55. The molecular weight excluding hydrogens is 296 g/mol. The van der Waals surface area contributed by atoms with Crippen LogP contribution in [0.3, 0.4) is 0 Å². The van der Waals surface area contributed by atoms with Crippen molar-refractivity contribution >= 4 is 21.7 Å². The molecule has 112 valence electrons. The molecular formula is C12H14N4O4S. The van der Waals surface area contributed by atoms with Crippen LogP contribution in [0.25, 0.3) is 5.69 Å². The first-order valence-corrected chi connectivity index (χ1v) is 7.53. The van der Waals surface area contributed by atoms with Crippen molar-refractivity contribution < 1.29 is 17.9 Å². The van der Waals surface area contributed by atoms with Crippen LogP contribution in [-0.2, 0) is 14.8 Å². The maximum atomic E-state index is 11.7. The van der Waals surface area contributed by atoms with Gasteiger partial charge < -0.3 is 10.5 Å². The minimum atomic E-state index is -3.93. The summed E-state index contributed by atoms with van der Waals surface area (Å²) in [4.78, 5) is 11.5. The van der Waals surface area contributed by atoms with Crippen molar-refractivity contribution in [2.24, 2.45) is 5.14 Å². The van der Waals surface area contributed by atoms with Gasteiger partial charge in [0.05, 0.1) is 24.2 Å². The predicted octanol–water partition coefficient (Wildman–Crippen LogP) is 0.279. The van der Waals surface area contributed by atoms with E-state index < -0.39 is 16.0 Å². The fourth-order valence-electron chi connectivity index (χ4n) is 1.76. The zero-order chi connectivity index (χ0) is 15.6. The van der Waals surface area contributed by atoms with E-state index in [1.165, 1.54) is 29.1 Å². The van der Waals surface area contributed by atoms with E-state index in [0.29, 0.717) is 0 Å². The highest BCUT2D eigenvalue weighted by Gasteiger charge is 2.20. The number of nitrogen functional groups attached to an aromatic ring is 1. The lowest BCUT2D eigenvalue weighted by Crippen LogP contribution is -2.15. The molecule has 0 saturated heterocycles. The maximum absolute atomic E-state index is 11.7. The normalized spacial score (nSPS) is 11.3. The van der Waals surface area contributed by atoms with Crippen molar-refractivity contribution in [2.75, 3.05) is 12.3 Å². The minimum Gasteiger partial charge on any atom is -0.461 e. The first kappa shape index (κ1) is 15.0. The number of ether oxygens (including phenoxy) is 1. The highest BCUT2D eigenvalue weighted by Crippen LogP contribution is 2.21. The molecule has 0 radical (unpaired) electrons. The Morgan fingerprint density at radius 2 is 2.05 bits per heavy atom. The van der Waals surface area contributed by atoms with E-state index in [1.54, 1.807) is 13.0 Å². The lowest BCUT2D eigenvalue weighted by Gasteiger charge is -2.06. The molecule has 9 heteroatoms. The minimum absolute atomic E-state index is 0.0812. The number of carbonyl (C=O) groups is 1. The van der Waals surface area contributed by atoms with Crippen LogP contribution in [-0.4, -0.2) is 30.8 Å². The summed E-state index contributed by atoms with van der Waals surface area (Å²) in [5.74, 6) is -0.679. The van der Waals surface area contributed by atoms with E-state index in [4.69, 9.17) is 15.6 Å². The fraction of sp³-hybridized carbons (Fsp3) is 0.167. The standard InChI is InChI=1S/C12H14N4O4S/c1-2-20-12(17)11-8(13)7-16(15-11)9-5-3-4-6-10(9)21(14,18)19/h3-7H,2,13H2,1H3,(H2,14,18,19). The number of anilines is 1. The van der Waals surface area contributed by atoms with E-state index >= 15 is 0 Å². The van der Waals surface area contributed by atoms with Crippen LogP contribution in [0.5, 0.6) is 0 Å². The summed E-state index contributed by atoms with van der Waals surface area (Å²) in [5.41, 5.74) is 5.90. The zero-order valence-electron chi connectivity index (χ0n) is 11.2. The Kier molecular flexibility index (Phi) is 3.96. The van der Waals surface area contributed by atoms with Gasteiger partial charge in [0.25, 0.3) is 0 Å². The Labute approximate surface area is 121 Å². The van der Waals surface area contributed by atoms with Crippen molar-refractivity contribution in [3.05, 3.63) is 36.2 Å². The van der Waals surface area contributed by atoms with Gasteiger partial charge in [0.1, 0.15) is 4.90 Å². The average Bonchev–Trinajstić information content (AvgIpc) is 2.80. The van der Waals surface area contributed by atoms with Crippen molar-refractivity contribution in [3.63, 3.8) is 0 Å². The number of rotatable bonds is 4. The third-order valence-electron chi connectivity index (χ3n) is 2.63. The highest BCUT2D eigenvalue weighted by atomic mass is 32.2. The van der Waals surface area contributed by atoms with Gasteiger partial charge >= 0.3 is 5.97 Å². The number of esters is 1. The van der Waals surface area contributed by atoms with Crippen molar-refractivity contribution in [1.82, 2.24) is 9.78 Å². The Morgan fingerprint density at radius 3 is 2.67 bits per heavy atom. The van der Waals surface area contributed by atoms with Gasteiger partial charge in [0, 0.05) is 0 Å². The molecule has 0 aliphatic carbocycles. The molecule has 0 spiro atoms. The fourth-order valence-corrected chi connectivity index (χ4v) is 2.48. The number of carbonyl (C=O) groups excluding carboxylic acids is 1. The molecule has 0 fully saturated rings. The molecule has 21 heavy (non-hydrogen) atoms. The SMILES string of the molecule is CCOC(=O)c1nn(-c2ccccc2S(N)(=O)=O)cc1N. The lowest BCUT2D eigenvalue weighted by molar-refractivity contribution is 0.0520. The summed E-state index contributed by atoms with van der Waals surface area (Å²) in [5, 5.41) is 9.13. The van der Waals surface area contributed by atoms with Gasteiger partial charge in [-0.05, 0) is 19.1 Å². The van der Waals surface area contributed by atoms with Crippen molar-refractivity contribution in [2.45, 2.75) is 11.8 Å². The molecule has 4 N–H and O–H groups in total. The van der Waals surface area contributed by atoms with Crippen LogP contribution in [0.4, 0.5) is 5.69 Å². The van der Waals surface area contributed by atoms with Gasteiger partial charge in [0.2, 0.25) is 10.0 Å². The van der Waals surface area contributed by atoms with E-state index in [9.17, 15) is 13.2 Å². The number of para-hydroxylation sites is 1. The van der Waals surface area contributed by atoms with Crippen molar-refractivity contribution in [1.29, 1.82) is 0 Å². The quantitative estimate of drug-likeness (QED) is 0.780. The van der Waals surface area contributed by atoms with Crippen LogP contribution in [0, 0.1) is 0 Å². The zero-order valence-corrected chi connectivity index (χ0v) is 12.0. The molecule has 0 amide bonds. The molecule has 8 nitrogen and oxygen atoms in total. The summed E-state index contributed by atoms with van der Waals surface area (Å²) in [7, 11) is -3.93. The average molecular weight is 310 g/mol. The molecule has 0 aliphatic heterocycles. The molecule has 1 aromatic carbocycles. The molecule has 2 aromatic rings. The van der Waals surface area contributed by atoms with Crippen molar-refractivity contribution in [3.8, 4) is 5.69 Å². The monoisotopic (exact) mass is 310 g/mol. The maximum Gasteiger partial charge on any atom is 0.361 e. The third kappa shape index (κ3) is 3.03. The number of primary sulfonamides is 1. The van der Waals surface area contributed by atoms with Crippen LogP contribution in [0.1, 0.15) is 17.4 Å². The second-order valence-corrected chi connectivity index (χ2v) is 5.64. The van der Waals surface area contributed by atoms with Crippen LogP contribution < -0.4 is 10.9 Å². The molecule has 1 aromatic heterocycles. The Hall–Kier alpha value is -2.39. The summed E-state index contributed by atoms with van der Waals surface area (Å²) in [6.07, 6.45) is 1.33. The molecule has 0 atom stereocenters. The molecule has 0 unspecified atom stereocenters. The predicted molar refractivity (Wildman–Crippen MR) is 75.3 cm³/mol. The van der Waals surface area contributed by atoms with Crippen LogP contribution >= 0.6 is 0 Å². The van der Waals surface area contributed by atoms with Crippen LogP contribution in [0.2, 0.25) is 0 Å². The number of nitrogens with zero attached hydrogens (tertiary/aromatic N) is 2. The molecule has 0 aliphatic rings. The molecule has 1 heterocycles. The van der Waals surface area contributed by atoms with Gasteiger partial charge in [-0.25, -0.2) is 23.0 Å².